The van der Waals surface area contributed by atoms with Gasteiger partial charge in [0.25, 0.3) is 0 Å². The summed E-state index contributed by atoms with van der Waals surface area (Å²) in [6.45, 7) is 0.336. The van der Waals surface area contributed by atoms with Crippen LogP contribution < -0.4 is 0 Å². The van der Waals surface area contributed by atoms with E-state index in [2.05, 4.69) is 9.73 Å². The number of nitrogens with zero attached hydrogens (tertiary/aromatic N) is 1. The number of ether oxygens (including phenoxy) is 1. The van der Waals surface area contributed by atoms with Crippen LogP contribution in [0.15, 0.2) is 17.1 Å². The largest absolute Gasteiger partial charge is 0.469 e. The summed E-state index contributed by atoms with van der Waals surface area (Å²) in [7, 11) is 1.34. The average Bonchev–Trinajstić information content (AvgIpc) is 2.09. The summed E-state index contributed by atoms with van der Waals surface area (Å²) in [6.07, 6.45) is 2.93. The molecule has 0 aliphatic carbocycles. The molecular formula is C8H11NO3. The number of methoxy groups -OCH3 is 1. The van der Waals surface area contributed by atoms with E-state index in [-0.39, 0.29) is 12.4 Å². The van der Waals surface area contributed by atoms with Crippen molar-refractivity contribution < 1.29 is 14.6 Å². The smallest absolute Gasteiger partial charge is 0.311 e. The Bertz CT molecular complexity index is 232. The highest BCUT2D eigenvalue weighted by atomic mass is 16.5. The van der Waals surface area contributed by atoms with Crippen LogP contribution >= 0.6 is 0 Å². The van der Waals surface area contributed by atoms with Crippen LogP contribution in [-0.4, -0.2) is 36.5 Å². The number of aliphatic hydroxyl groups is 1. The van der Waals surface area contributed by atoms with Crippen LogP contribution in [0.25, 0.3) is 0 Å². The van der Waals surface area contributed by atoms with Crippen molar-refractivity contribution in [1.29, 1.82) is 0 Å². The molecule has 0 aromatic heterocycles. The first kappa shape index (κ1) is 8.93. The van der Waals surface area contributed by atoms with Crippen molar-refractivity contribution in [1.82, 2.24) is 0 Å². The van der Waals surface area contributed by atoms with E-state index in [1.165, 1.54) is 7.11 Å². The molecule has 0 amide bonds. The maximum atomic E-state index is 10.8. The topological polar surface area (TPSA) is 58.9 Å². The molecule has 0 aromatic carbocycles. The highest BCUT2D eigenvalue weighted by molar-refractivity contribution is 6.05. The Labute approximate surface area is 70.6 Å². The maximum absolute atomic E-state index is 10.8. The minimum absolute atomic E-state index is 0.180. The predicted octanol–water partition coefficient (Wildman–Crippen LogP) is -0.0788. The third-order valence-electron chi connectivity index (χ3n) is 1.55. The average molecular weight is 169 g/mol. The number of aliphatic hydroxyl groups excluding tert-OH is 1. The Morgan fingerprint density at radius 2 is 2.67 bits per heavy atom. The number of dihydropyridines is 1. The molecule has 1 heterocycles. The first-order chi connectivity index (χ1) is 5.72. The van der Waals surface area contributed by atoms with Crippen LogP contribution in [0.1, 0.15) is 6.42 Å². The molecule has 1 unspecified atom stereocenters. The van der Waals surface area contributed by atoms with E-state index in [4.69, 9.17) is 5.11 Å². The lowest BCUT2D eigenvalue weighted by atomic mass is 10.1. The van der Waals surface area contributed by atoms with Crippen molar-refractivity contribution in [3.63, 3.8) is 0 Å². The molecule has 4 nitrogen and oxygen atoms in total. The lowest BCUT2D eigenvalue weighted by Gasteiger charge is -2.08. The normalized spacial score (nSPS) is 21.8. The molecule has 66 valence electrons. The number of hydrogen-bond acceptors (Lipinski definition) is 4. The summed E-state index contributed by atoms with van der Waals surface area (Å²) in [6, 6.07) is 0. The van der Waals surface area contributed by atoms with Gasteiger partial charge in [-0.2, -0.15) is 0 Å². The van der Waals surface area contributed by atoms with Gasteiger partial charge in [0.1, 0.15) is 0 Å². The second-order valence-electron chi connectivity index (χ2n) is 2.51. The van der Waals surface area contributed by atoms with Crippen molar-refractivity contribution >= 4 is 11.7 Å². The van der Waals surface area contributed by atoms with Crippen LogP contribution in [-0.2, 0) is 9.53 Å². The van der Waals surface area contributed by atoms with Crippen molar-refractivity contribution in [3.05, 3.63) is 12.2 Å². The Morgan fingerprint density at radius 1 is 1.92 bits per heavy atom. The van der Waals surface area contributed by atoms with Gasteiger partial charge < -0.3 is 9.84 Å². The molecule has 1 N–H and O–H groups in total. The second kappa shape index (κ2) is 4.01. The van der Waals surface area contributed by atoms with E-state index < -0.39 is 6.10 Å². The summed E-state index contributed by atoms with van der Waals surface area (Å²) in [5.74, 6) is -0.310. The van der Waals surface area contributed by atoms with Crippen LogP contribution in [0.3, 0.4) is 0 Å². The quantitative estimate of drug-likeness (QED) is 0.588. The molecule has 0 bridgehead atoms. The molecule has 0 spiro atoms. The van der Waals surface area contributed by atoms with E-state index in [1.54, 1.807) is 12.2 Å². The lowest BCUT2D eigenvalue weighted by molar-refractivity contribution is -0.139. The molecule has 0 saturated heterocycles. The number of rotatable bonds is 2. The highest BCUT2D eigenvalue weighted by Crippen LogP contribution is 2.01. The minimum Gasteiger partial charge on any atom is -0.469 e. The lowest BCUT2D eigenvalue weighted by Crippen LogP contribution is -2.16. The molecule has 4 heteroatoms. The van der Waals surface area contributed by atoms with Crippen molar-refractivity contribution in [3.8, 4) is 0 Å². The zero-order valence-electron chi connectivity index (χ0n) is 6.86. The summed E-state index contributed by atoms with van der Waals surface area (Å²) in [4.78, 5) is 14.7. The molecule has 0 radical (unpaired) electrons. The minimum atomic E-state index is -0.508. The van der Waals surface area contributed by atoms with Crippen LogP contribution in [0.2, 0.25) is 0 Å². The van der Waals surface area contributed by atoms with Gasteiger partial charge >= 0.3 is 5.97 Å². The molecule has 0 fully saturated rings. The predicted molar refractivity (Wildman–Crippen MR) is 44.1 cm³/mol. The molecule has 12 heavy (non-hydrogen) atoms. The third kappa shape index (κ3) is 2.47. The van der Waals surface area contributed by atoms with Gasteiger partial charge in [-0.25, -0.2) is 0 Å². The fourth-order valence-corrected chi connectivity index (χ4v) is 0.881. The zero-order chi connectivity index (χ0) is 8.97. The van der Waals surface area contributed by atoms with E-state index in [0.717, 1.165) is 0 Å². The molecule has 1 aliphatic heterocycles. The van der Waals surface area contributed by atoms with Gasteiger partial charge in [-0.1, -0.05) is 6.08 Å². The van der Waals surface area contributed by atoms with Gasteiger partial charge in [0.2, 0.25) is 0 Å². The number of esters is 1. The van der Waals surface area contributed by atoms with E-state index in [0.29, 0.717) is 12.3 Å². The molecule has 0 saturated carbocycles. The van der Waals surface area contributed by atoms with Crippen molar-refractivity contribution in [2.24, 2.45) is 4.99 Å². The number of aliphatic imine (C=N–C) groups is 1. The molecule has 1 rings (SSSR count). The van der Waals surface area contributed by atoms with E-state index in [1.807, 2.05) is 0 Å². The van der Waals surface area contributed by atoms with Gasteiger partial charge in [0.15, 0.2) is 0 Å². The molecule has 1 aliphatic rings. The van der Waals surface area contributed by atoms with Gasteiger partial charge in [-0.05, 0) is 6.08 Å². The fourth-order valence-electron chi connectivity index (χ4n) is 0.881. The first-order valence-electron chi connectivity index (χ1n) is 3.69. The fraction of sp³-hybridized carbons (Fsp3) is 0.500. The van der Waals surface area contributed by atoms with E-state index >= 15 is 0 Å². The summed E-state index contributed by atoms with van der Waals surface area (Å²) < 4.78 is 4.46. The SMILES string of the molecule is COC(=O)CC1=NCC(O)C=C1. The van der Waals surface area contributed by atoms with Crippen molar-refractivity contribution in [2.75, 3.05) is 13.7 Å². The maximum Gasteiger partial charge on any atom is 0.311 e. The number of carbonyl (C=O) groups is 1. The number of hydrogen-bond donors (Lipinski definition) is 1. The number of allylic oxidation sites excluding steroid dienone is 1. The highest BCUT2D eigenvalue weighted by Gasteiger charge is 2.09. The third-order valence-corrected chi connectivity index (χ3v) is 1.55. The Hall–Kier alpha value is -1.16. The molecular weight excluding hydrogens is 158 g/mol. The van der Waals surface area contributed by atoms with Crippen LogP contribution in [0.4, 0.5) is 0 Å². The monoisotopic (exact) mass is 169 g/mol. The zero-order valence-corrected chi connectivity index (χ0v) is 6.86. The van der Waals surface area contributed by atoms with Gasteiger partial charge in [0, 0.05) is 5.71 Å². The Balaban J connectivity index is 2.45. The molecule has 1 atom stereocenters. The van der Waals surface area contributed by atoms with Crippen LogP contribution in [0.5, 0.6) is 0 Å². The second-order valence-corrected chi connectivity index (χ2v) is 2.51. The summed E-state index contributed by atoms with van der Waals surface area (Å²) in [5, 5.41) is 9.01. The standard InChI is InChI=1S/C8H11NO3/c1-12-8(11)4-6-2-3-7(10)5-9-6/h2-3,7,10H,4-5H2,1H3. The summed E-state index contributed by atoms with van der Waals surface area (Å²) >= 11 is 0. The van der Waals surface area contributed by atoms with Gasteiger partial charge in [-0.15, -0.1) is 0 Å². The van der Waals surface area contributed by atoms with Crippen molar-refractivity contribution in [2.45, 2.75) is 12.5 Å². The Kier molecular flexibility index (Phi) is 2.99. The van der Waals surface area contributed by atoms with Gasteiger partial charge in [0.05, 0.1) is 26.2 Å². The van der Waals surface area contributed by atoms with E-state index in [9.17, 15) is 4.79 Å². The van der Waals surface area contributed by atoms with Gasteiger partial charge in [-0.3, -0.25) is 9.79 Å². The number of carbonyl (C=O) groups excluding carboxylic acids is 1. The summed E-state index contributed by atoms with van der Waals surface area (Å²) in [5.41, 5.74) is 0.659. The first-order valence-corrected chi connectivity index (χ1v) is 3.69. The molecule has 0 aromatic rings. The van der Waals surface area contributed by atoms with Crippen LogP contribution in [0, 0.1) is 0 Å². The Morgan fingerprint density at radius 3 is 3.17 bits per heavy atom.